The fourth-order valence-electron chi connectivity index (χ4n) is 4.66. The van der Waals surface area contributed by atoms with Crippen molar-refractivity contribution in [1.82, 2.24) is 0 Å². The number of carbonyl (C=O) groups excluding carboxylic acids is 2. The van der Waals surface area contributed by atoms with E-state index in [1.54, 1.807) is 0 Å². The minimum absolute atomic E-state index is 0. The van der Waals surface area contributed by atoms with Crippen LogP contribution >= 0.6 is 7.82 Å². The number of esters is 2. The SMILES string of the molecule is CCCCCCCCCCCCCC(=O)OCC(COP(=O)([O-])[O-])OC(=O)CCCCCCCCCCCCC.[Na+].[Na+]. The van der Waals surface area contributed by atoms with Crippen molar-refractivity contribution in [3.8, 4) is 0 Å². The molecule has 0 amide bonds. The molecule has 0 rings (SSSR count). The third kappa shape index (κ3) is 37.2. The van der Waals surface area contributed by atoms with Crippen LogP contribution in [0.3, 0.4) is 0 Å². The molecular formula is C31H59Na2O8P. The molecule has 1 unspecified atom stereocenters. The van der Waals surface area contributed by atoms with Crippen LogP contribution in [0, 0.1) is 0 Å². The first-order chi connectivity index (χ1) is 19.3. The summed E-state index contributed by atoms with van der Waals surface area (Å²) in [6.07, 6.45) is 25.0. The summed E-state index contributed by atoms with van der Waals surface area (Å²) >= 11 is 0. The predicted octanol–water partition coefficient (Wildman–Crippen LogP) is 1.70. The van der Waals surface area contributed by atoms with Crippen molar-refractivity contribution in [2.75, 3.05) is 13.2 Å². The van der Waals surface area contributed by atoms with E-state index in [1.165, 1.54) is 96.3 Å². The van der Waals surface area contributed by atoms with Crippen LogP contribution < -0.4 is 68.9 Å². The molecule has 238 valence electrons. The van der Waals surface area contributed by atoms with Gasteiger partial charge in [0.15, 0.2) is 6.10 Å². The molecule has 1 atom stereocenters. The van der Waals surface area contributed by atoms with E-state index in [0.29, 0.717) is 12.8 Å². The van der Waals surface area contributed by atoms with Gasteiger partial charge in [-0.05, 0) is 12.8 Å². The van der Waals surface area contributed by atoms with E-state index in [2.05, 4.69) is 18.4 Å². The number of rotatable bonds is 30. The van der Waals surface area contributed by atoms with Gasteiger partial charge in [0, 0.05) is 12.8 Å². The Labute approximate surface area is 301 Å². The van der Waals surface area contributed by atoms with Crippen molar-refractivity contribution in [3.05, 3.63) is 0 Å². The molecule has 0 aromatic heterocycles. The molecule has 0 saturated heterocycles. The molecule has 42 heavy (non-hydrogen) atoms. The van der Waals surface area contributed by atoms with Gasteiger partial charge >= 0.3 is 71.1 Å². The van der Waals surface area contributed by atoms with Gasteiger partial charge in [0.1, 0.15) is 6.61 Å². The van der Waals surface area contributed by atoms with Crippen molar-refractivity contribution in [3.63, 3.8) is 0 Å². The summed E-state index contributed by atoms with van der Waals surface area (Å²) in [6.45, 7) is 3.46. The Kier molecular flexibility index (Phi) is 39.5. The summed E-state index contributed by atoms with van der Waals surface area (Å²) in [7, 11) is -5.23. The number of unbranched alkanes of at least 4 members (excludes halogenated alkanes) is 20. The summed E-state index contributed by atoms with van der Waals surface area (Å²) in [5.41, 5.74) is 0. The minimum atomic E-state index is -5.23. The quantitative estimate of drug-likeness (QED) is 0.0505. The fraction of sp³-hybridized carbons (Fsp3) is 0.935. The van der Waals surface area contributed by atoms with Crippen LogP contribution in [-0.4, -0.2) is 31.3 Å². The molecule has 0 saturated carbocycles. The zero-order chi connectivity index (χ0) is 29.7. The maximum Gasteiger partial charge on any atom is 1.00 e. The molecule has 0 bridgehead atoms. The molecular weight excluding hydrogens is 577 g/mol. The van der Waals surface area contributed by atoms with Gasteiger partial charge in [-0.2, -0.15) is 0 Å². The van der Waals surface area contributed by atoms with E-state index in [1.807, 2.05) is 0 Å². The predicted molar refractivity (Wildman–Crippen MR) is 157 cm³/mol. The van der Waals surface area contributed by atoms with Crippen LogP contribution in [0.25, 0.3) is 0 Å². The van der Waals surface area contributed by atoms with Crippen LogP contribution in [0.1, 0.15) is 168 Å². The van der Waals surface area contributed by atoms with Gasteiger partial charge in [0.05, 0.1) is 14.4 Å². The van der Waals surface area contributed by atoms with Gasteiger partial charge in [-0.25, -0.2) is 0 Å². The Bertz CT molecular complexity index is 648. The molecule has 0 heterocycles. The summed E-state index contributed by atoms with van der Waals surface area (Å²) in [5, 5.41) is 0. The van der Waals surface area contributed by atoms with Crippen molar-refractivity contribution in [2.24, 2.45) is 0 Å². The maximum absolute atomic E-state index is 12.2. The monoisotopic (exact) mass is 636 g/mol. The van der Waals surface area contributed by atoms with Crippen LogP contribution in [-0.2, 0) is 28.2 Å². The van der Waals surface area contributed by atoms with E-state index in [4.69, 9.17) is 9.47 Å². The van der Waals surface area contributed by atoms with Crippen molar-refractivity contribution < 1.29 is 97.1 Å². The second kappa shape index (κ2) is 34.9. The van der Waals surface area contributed by atoms with E-state index < -0.39 is 32.5 Å². The van der Waals surface area contributed by atoms with Crippen molar-refractivity contribution in [1.29, 1.82) is 0 Å². The largest absolute Gasteiger partial charge is 1.00 e. The molecule has 0 N–H and O–H groups in total. The first-order valence-corrected chi connectivity index (χ1v) is 17.8. The van der Waals surface area contributed by atoms with Crippen LogP contribution in [0.5, 0.6) is 0 Å². The second-order valence-electron chi connectivity index (χ2n) is 11.1. The Hall–Kier alpha value is 1.05. The van der Waals surface area contributed by atoms with Crippen molar-refractivity contribution in [2.45, 2.75) is 174 Å². The Balaban J connectivity index is -0.00000760. The number of ether oxygens (including phenoxy) is 2. The van der Waals surface area contributed by atoms with Crippen molar-refractivity contribution >= 4 is 19.8 Å². The summed E-state index contributed by atoms with van der Waals surface area (Å²) in [4.78, 5) is 46.1. The van der Waals surface area contributed by atoms with E-state index in [-0.39, 0.29) is 78.6 Å². The van der Waals surface area contributed by atoms with Gasteiger partial charge in [-0.3, -0.25) is 9.59 Å². The molecule has 0 aromatic carbocycles. The number of phosphoric acid groups is 1. The number of carbonyl (C=O) groups is 2. The average Bonchev–Trinajstić information content (AvgIpc) is 2.91. The van der Waals surface area contributed by atoms with Crippen LogP contribution in [0.4, 0.5) is 0 Å². The fourth-order valence-corrected chi connectivity index (χ4v) is 5.01. The summed E-state index contributed by atoms with van der Waals surface area (Å²) < 4.78 is 25.6. The van der Waals surface area contributed by atoms with Crippen LogP contribution in [0.2, 0.25) is 0 Å². The normalized spacial score (nSPS) is 11.8. The molecule has 0 radical (unpaired) electrons. The number of hydrogen-bond donors (Lipinski definition) is 0. The second-order valence-corrected chi connectivity index (χ2v) is 12.3. The summed E-state index contributed by atoms with van der Waals surface area (Å²) in [5.74, 6) is -0.952. The van der Waals surface area contributed by atoms with E-state index >= 15 is 0 Å². The number of hydrogen-bond acceptors (Lipinski definition) is 8. The van der Waals surface area contributed by atoms with Gasteiger partial charge in [-0.15, -0.1) is 0 Å². The molecule has 11 heteroatoms. The van der Waals surface area contributed by atoms with Gasteiger partial charge in [0.25, 0.3) is 0 Å². The smallest absolute Gasteiger partial charge is 0.790 e. The Morgan fingerprint density at radius 1 is 0.548 bits per heavy atom. The average molecular weight is 637 g/mol. The molecule has 0 aliphatic rings. The third-order valence-corrected chi connectivity index (χ3v) is 7.58. The zero-order valence-corrected chi connectivity index (χ0v) is 32.6. The Morgan fingerprint density at radius 2 is 0.881 bits per heavy atom. The molecule has 0 aromatic rings. The third-order valence-electron chi connectivity index (χ3n) is 7.12. The standard InChI is InChI=1S/C31H61O8P.2Na/c1-3-5-7-9-11-13-15-17-19-21-23-25-30(32)37-27-29(28-38-40(34,35)36)39-31(33)26-24-22-20-18-16-14-12-10-8-6-4-2;;/h29H,3-28H2,1-2H3,(H2,34,35,36);;/q;2*+1/p-2. The van der Waals surface area contributed by atoms with E-state index in [0.717, 1.165) is 32.1 Å². The minimum Gasteiger partial charge on any atom is -0.790 e. The Morgan fingerprint density at radius 3 is 1.24 bits per heavy atom. The van der Waals surface area contributed by atoms with E-state index in [9.17, 15) is 23.9 Å². The van der Waals surface area contributed by atoms with Gasteiger partial charge in [-0.1, -0.05) is 142 Å². The number of phosphoric ester groups is 1. The summed E-state index contributed by atoms with van der Waals surface area (Å²) in [6, 6.07) is 0. The molecule has 0 aliphatic carbocycles. The molecule has 0 fully saturated rings. The molecule has 0 aliphatic heterocycles. The topological polar surface area (TPSA) is 125 Å². The van der Waals surface area contributed by atoms with Gasteiger partial charge < -0.3 is 28.3 Å². The van der Waals surface area contributed by atoms with Gasteiger partial charge in [0.2, 0.25) is 0 Å². The maximum atomic E-state index is 12.2. The zero-order valence-electron chi connectivity index (χ0n) is 27.7. The molecule has 8 nitrogen and oxygen atoms in total. The first kappa shape index (κ1) is 47.5. The van der Waals surface area contributed by atoms with Crippen LogP contribution in [0.15, 0.2) is 0 Å². The first-order valence-electron chi connectivity index (χ1n) is 16.3. The molecule has 0 spiro atoms.